The van der Waals surface area contributed by atoms with Crippen molar-refractivity contribution < 1.29 is 9.21 Å². The third-order valence-electron chi connectivity index (χ3n) is 5.42. The maximum absolute atomic E-state index is 13.0. The standard InChI is InChI=1S/C23H20ClN5O3/c24-17-7-3-1-5-15(17)23-28-27-20(32-23)13-29(14-9-10-14)21(30)12-11-19-25-18-8-4-2-6-16(18)22(31)26-19/h1-8,14H,9-13H2,(H,25,26,31). The van der Waals surface area contributed by atoms with E-state index in [0.717, 1.165) is 12.8 Å². The molecule has 2 aromatic carbocycles. The lowest BCUT2D eigenvalue weighted by molar-refractivity contribution is -0.132. The number of nitrogens with zero attached hydrogens (tertiary/aromatic N) is 4. The zero-order valence-corrected chi connectivity index (χ0v) is 17.9. The summed E-state index contributed by atoms with van der Waals surface area (Å²) in [6, 6.07) is 14.5. The van der Waals surface area contributed by atoms with Crippen molar-refractivity contribution in [1.29, 1.82) is 0 Å². The molecule has 8 nitrogen and oxygen atoms in total. The van der Waals surface area contributed by atoms with Crippen molar-refractivity contribution in [2.45, 2.75) is 38.3 Å². The molecule has 32 heavy (non-hydrogen) atoms. The second-order valence-electron chi connectivity index (χ2n) is 7.76. The molecule has 1 fully saturated rings. The lowest BCUT2D eigenvalue weighted by atomic mass is 10.2. The normalized spacial score (nSPS) is 13.4. The fraction of sp³-hybridized carbons (Fsp3) is 0.261. The molecule has 162 valence electrons. The number of H-pyrrole nitrogens is 1. The maximum Gasteiger partial charge on any atom is 0.258 e. The van der Waals surface area contributed by atoms with Crippen LogP contribution >= 0.6 is 11.6 Å². The highest BCUT2D eigenvalue weighted by Crippen LogP contribution is 2.30. The Balaban J connectivity index is 1.28. The number of rotatable bonds is 7. The first kappa shape index (κ1) is 20.4. The number of carbonyl (C=O) groups excluding carboxylic acids is 1. The predicted molar refractivity (Wildman–Crippen MR) is 119 cm³/mol. The quantitative estimate of drug-likeness (QED) is 0.460. The highest BCUT2D eigenvalue weighted by Gasteiger charge is 2.33. The molecule has 0 saturated heterocycles. The number of aryl methyl sites for hydroxylation is 1. The number of para-hydroxylation sites is 1. The summed E-state index contributed by atoms with van der Waals surface area (Å²) in [5.41, 5.74) is 1.08. The van der Waals surface area contributed by atoms with Crippen molar-refractivity contribution in [2.24, 2.45) is 0 Å². The summed E-state index contributed by atoms with van der Waals surface area (Å²) in [4.78, 5) is 34.2. The number of benzene rings is 2. The van der Waals surface area contributed by atoms with E-state index in [1.807, 2.05) is 18.2 Å². The van der Waals surface area contributed by atoms with Crippen molar-refractivity contribution in [1.82, 2.24) is 25.1 Å². The van der Waals surface area contributed by atoms with E-state index in [9.17, 15) is 9.59 Å². The minimum absolute atomic E-state index is 0.0409. The van der Waals surface area contributed by atoms with E-state index < -0.39 is 0 Å². The van der Waals surface area contributed by atoms with Gasteiger partial charge in [0.15, 0.2) is 0 Å². The van der Waals surface area contributed by atoms with Crippen molar-refractivity contribution in [3.05, 3.63) is 75.6 Å². The van der Waals surface area contributed by atoms with Crippen LogP contribution < -0.4 is 5.56 Å². The summed E-state index contributed by atoms with van der Waals surface area (Å²) in [7, 11) is 0. The lowest BCUT2D eigenvalue weighted by Gasteiger charge is -2.20. The minimum Gasteiger partial charge on any atom is -0.419 e. The van der Waals surface area contributed by atoms with Crippen LogP contribution in [-0.2, 0) is 17.8 Å². The molecule has 1 saturated carbocycles. The van der Waals surface area contributed by atoms with Gasteiger partial charge >= 0.3 is 0 Å². The Kier molecular flexibility index (Phi) is 5.45. The first-order valence-electron chi connectivity index (χ1n) is 10.4. The van der Waals surface area contributed by atoms with Crippen LogP contribution in [0.4, 0.5) is 0 Å². The van der Waals surface area contributed by atoms with Gasteiger partial charge in [0, 0.05) is 18.9 Å². The van der Waals surface area contributed by atoms with Crippen LogP contribution in [0.3, 0.4) is 0 Å². The number of amides is 1. The van der Waals surface area contributed by atoms with E-state index in [4.69, 9.17) is 16.0 Å². The van der Waals surface area contributed by atoms with Gasteiger partial charge < -0.3 is 14.3 Å². The Hall–Kier alpha value is -3.52. The minimum atomic E-state index is -0.199. The fourth-order valence-corrected chi connectivity index (χ4v) is 3.85. The molecule has 0 atom stereocenters. The van der Waals surface area contributed by atoms with Crippen LogP contribution in [-0.4, -0.2) is 37.0 Å². The third-order valence-corrected chi connectivity index (χ3v) is 5.75. The predicted octanol–water partition coefficient (Wildman–Crippen LogP) is 3.75. The van der Waals surface area contributed by atoms with Crippen molar-refractivity contribution in [3.63, 3.8) is 0 Å². The molecular formula is C23H20ClN5O3. The molecule has 0 bridgehead atoms. The Bertz CT molecular complexity index is 1340. The van der Waals surface area contributed by atoms with E-state index in [2.05, 4.69) is 20.2 Å². The summed E-state index contributed by atoms with van der Waals surface area (Å²) in [6.07, 6.45) is 2.46. The molecule has 2 heterocycles. The molecular weight excluding hydrogens is 430 g/mol. The lowest BCUT2D eigenvalue weighted by Crippen LogP contribution is -2.33. The average Bonchev–Trinajstić information content (AvgIpc) is 3.54. The van der Waals surface area contributed by atoms with Crippen molar-refractivity contribution in [3.8, 4) is 11.5 Å². The van der Waals surface area contributed by atoms with Gasteiger partial charge in [-0.1, -0.05) is 35.9 Å². The molecule has 0 radical (unpaired) electrons. The monoisotopic (exact) mass is 449 g/mol. The van der Waals surface area contributed by atoms with Gasteiger partial charge in [0.1, 0.15) is 5.82 Å². The smallest absolute Gasteiger partial charge is 0.258 e. The summed E-state index contributed by atoms with van der Waals surface area (Å²) in [6.45, 7) is 0.239. The summed E-state index contributed by atoms with van der Waals surface area (Å²) in [5.74, 6) is 1.14. The number of hydrogen-bond acceptors (Lipinski definition) is 6. The second kappa shape index (κ2) is 8.55. The number of fused-ring (bicyclic) bond motifs is 1. The molecule has 9 heteroatoms. The number of carbonyl (C=O) groups is 1. The zero-order valence-electron chi connectivity index (χ0n) is 17.1. The second-order valence-corrected chi connectivity index (χ2v) is 8.17. The molecule has 1 N–H and O–H groups in total. The van der Waals surface area contributed by atoms with E-state index in [0.29, 0.717) is 45.5 Å². The molecule has 5 rings (SSSR count). The van der Waals surface area contributed by atoms with Crippen LogP contribution in [0.15, 0.2) is 57.7 Å². The third kappa shape index (κ3) is 4.27. The number of hydrogen-bond donors (Lipinski definition) is 1. The van der Waals surface area contributed by atoms with Gasteiger partial charge in [-0.15, -0.1) is 10.2 Å². The largest absolute Gasteiger partial charge is 0.419 e. The van der Waals surface area contributed by atoms with Crippen LogP contribution in [0.25, 0.3) is 22.4 Å². The Labute approximate surface area is 188 Å². The van der Waals surface area contributed by atoms with Gasteiger partial charge in [-0.2, -0.15) is 0 Å². The van der Waals surface area contributed by atoms with Gasteiger partial charge in [0.2, 0.25) is 17.7 Å². The average molecular weight is 450 g/mol. The Morgan fingerprint density at radius 1 is 1.12 bits per heavy atom. The molecule has 0 spiro atoms. The van der Waals surface area contributed by atoms with Crippen LogP contribution in [0, 0.1) is 0 Å². The molecule has 4 aromatic rings. The van der Waals surface area contributed by atoms with E-state index in [-0.39, 0.29) is 30.5 Å². The van der Waals surface area contributed by atoms with E-state index in [1.54, 1.807) is 35.2 Å². The summed E-state index contributed by atoms with van der Waals surface area (Å²) >= 11 is 6.21. The van der Waals surface area contributed by atoms with Gasteiger partial charge in [-0.25, -0.2) is 4.98 Å². The van der Waals surface area contributed by atoms with Gasteiger partial charge in [0.05, 0.1) is 28.0 Å². The Morgan fingerprint density at radius 3 is 2.72 bits per heavy atom. The van der Waals surface area contributed by atoms with E-state index in [1.165, 1.54) is 0 Å². The highest BCUT2D eigenvalue weighted by molar-refractivity contribution is 6.33. The van der Waals surface area contributed by atoms with Gasteiger partial charge in [-0.3, -0.25) is 9.59 Å². The molecule has 1 aliphatic rings. The van der Waals surface area contributed by atoms with E-state index >= 15 is 0 Å². The molecule has 1 aliphatic carbocycles. The molecule has 0 unspecified atom stereocenters. The molecule has 2 aromatic heterocycles. The molecule has 1 amide bonds. The SMILES string of the molecule is O=C(CCc1nc2ccccc2c(=O)[nH]1)N(Cc1nnc(-c2ccccc2Cl)o1)C1CC1. The van der Waals surface area contributed by atoms with Crippen molar-refractivity contribution >= 4 is 28.4 Å². The van der Waals surface area contributed by atoms with Crippen LogP contribution in [0.2, 0.25) is 5.02 Å². The molecule has 0 aliphatic heterocycles. The first-order valence-corrected chi connectivity index (χ1v) is 10.8. The first-order chi connectivity index (χ1) is 15.6. The van der Waals surface area contributed by atoms with Crippen LogP contribution in [0.1, 0.15) is 31.0 Å². The fourth-order valence-electron chi connectivity index (χ4n) is 3.64. The Morgan fingerprint density at radius 2 is 1.91 bits per heavy atom. The van der Waals surface area contributed by atoms with Gasteiger partial charge in [-0.05, 0) is 37.1 Å². The van der Waals surface area contributed by atoms with Gasteiger partial charge in [0.25, 0.3) is 5.56 Å². The zero-order chi connectivity index (χ0) is 22.1. The highest BCUT2D eigenvalue weighted by atomic mass is 35.5. The summed E-state index contributed by atoms with van der Waals surface area (Å²) < 4.78 is 5.78. The number of halogens is 1. The van der Waals surface area contributed by atoms with Crippen LogP contribution in [0.5, 0.6) is 0 Å². The number of aromatic amines is 1. The summed E-state index contributed by atoms with van der Waals surface area (Å²) in [5, 5.41) is 9.24. The maximum atomic E-state index is 13.0. The number of nitrogens with one attached hydrogen (secondary N) is 1. The topological polar surface area (TPSA) is 105 Å². The number of aromatic nitrogens is 4. The van der Waals surface area contributed by atoms with Crippen molar-refractivity contribution in [2.75, 3.05) is 0 Å².